The van der Waals surface area contributed by atoms with Crippen molar-refractivity contribution < 1.29 is 4.74 Å². The summed E-state index contributed by atoms with van der Waals surface area (Å²) < 4.78 is 5.48. The van der Waals surface area contributed by atoms with E-state index in [2.05, 4.69) is 68.7 Å². The van der Waals surface area contributed by atoms with Crippen LogP contribution in [0.4, 0.5) is 0 Å². The third-order valence-electron chi connectivity index (χ3n) is 3.65. The molecule has 1 aromatic rings. The smallest absolute Gasteiger partial charge is 0.122 e. The molecule has 0 aliphatic heterocycles. The Morgan fingerprint density at radius 2 is 1.83 bits per heavy atom. The number of halogens is 1. The van der Waals surface area contributed by atoms with Crippen LogP contribution in [-0.2, 0) is 5.41 Å². The van der Waals surface area contributed by atoms with Gasteiger partial charge in [-0.3, -0.25) is 0 Å². The average molecular weight is 313 g/mol. The molecule has 0 fully saturated rings. The Morgan fingerprint density at radius 1 is 1.22 bits per heavy atom. The molecular formula is C16H25BrO. The van der Waals surface area contributed by atoms with Gasteiger partial charge in [-0.1, -0.05) is 62.7 Å². The number of alkyl halides is 1. The second-order valence-electron chi connectivity index (χ2n) is 6.13. The number of methoxy groups -OCH3 is 1. The first-order chi connectivity index (χ1) is 8.31. The molecule has 0 amide bonds. The van der Waals surface area contributed by atoms with Gasteiger partial charge in [0.2, 0.25) is 0 Å². The van der Waals surface area contributed by atoms with Crippen LogP contribution in [-0.4, -0.2) is 12.4 Å². The monoisotopic (exact) mass is 312 g/mol. The van der Waals surface area contributed by atoms with Gasteiger partial charge in [-0.25, -0.2) is 0 Å². The molecular weight excluding hydrogens is 288 g/mol. The number of benzene rings is 1. The van der Waals surface area contributed by atoms with Crippen LogP contribution in [0.3, 0.4) is 0 Å². The maximum atomic E-state index is 5.48. The van der Waals surface area contributed by atoms with E-state index in [-0.39, 0.29) is 5.41 Å². The molecule has 1 nitrogen and oxygen atoms in total. The van der Waals surface area contributed by atoms with Gasteiger partial charge in [0, 0.05) is 5.33 Å². The molecule has 0 radical (unpaired) electrons. The Labute approximate surface area is 120 Å². The molecule has 102 valence electrons. The van der Waals surface area contributed by atoms with Crippen molar-refractivity contribution in [2.24, 2.45) is 5.92 Å². The Morgan fingerprint density at radius 3 is 2.28 bits per heavy atom. The zero-order chi connectivity index (χ0) is 13.9. The van der Waals surface area contributed by atoms with Crippen molar-refractivity contribution in [2.75, 3.05) is 12.4 Å². The number of ether oxygens (including phenoxy) is 1. The maximum Gasteiger partial charge on any atom is 0.122 e. The summed E-state index contributed by atoms with van der Waals surface area (Å²) in [7, 11) is 1.74. The van der Waals surface area contributed by atoms with E-state index in [4.69, 9.17) is 4.74 Å². The summed E-state index contributed by atoms with van der Waals surface area (Å²) in [6, 6.07) is 6.61. The molecule has 0 aliphatic rings. The zero-order valence-corrected chi connectivity index (χ0v) is 14.0. The molecule has 0 aromatic heterocycles. The van der Waals surface area contributed by atoms with E-state index < -0.39 is 0 Å². The first kappa shape index (κ1) is 15.6. The van der Waals surface area contributed by atoms with Crippen molar-refractivity contribution in [1.82, 2.24) is 0 Å². The molecule has 1 aromatic carbocycles. The fraction of sp³-hybridized carbons (Fsp3) is 0.625. The van der Waals surface area contributed by atoms with E-state index in [0.29, 0.717) is 11.8 Å². The van der Waals surface area contributed by atoms with E-state index in [0.717, 1.165) is 11.1 Å². The summed E-state index contributed by atoms with van der Waals surface area (Å²) in [6.07, 6.45) is 0. The quantitative estimate of drug-likeness (QED) is 0.700. The summed E-state index contributed by atoms with van der Waals surface area (Å²) in [5.41, 5.74) is 2.79. The summed E-state index contributed by atoms with van der Waals surface area (Å²) >= 11 is 3.57. The highest BCUT2D eigenvalue weighted by atomic mass is 79.9. The molecule has 0 saturated carbocycles. The topological polar surface area (TPSA) is 9.23 Å². The third-order valence-corrected chi connectivity index (χ3v) is 4.68. The van der Waals surface area contributed by atoms with E-state index >= 15 is 0 Å². The van der Waals surface area contributed by atoms with Crippen LogP contribution in [0.1, 0.15) is 51.7 Å². The van der Waals surface area contributed by atoms with Gasteiger partial charge in [-0.05, 0) is 34.4 Å². The average Bonchev–Trinajstić information content (AvgIpc) is 2.35. The molecule has 0 spiro atoms. The van der Waals surface area contributed by atoms with E-state index in [1.807, 2.05) is 0 Å². The lowest BCUT2D eigenvalue weighted by Gasteiger charge is -2.25. The second-order valence-corrected chi connectivity index (χ2v) is 6.78. The largest absolute Gasteiger partial charge is 0.496 e. The summed E-state index contributed by atoms with van der Waals surface area (Å²) in [5, 5.41) is 1.03. The zero-order valence-electron chi connectivity index (χ0n) is 12.4. The van der Waals surface area contributed by atoms with Crippen LogP contribution in [0.5, 0.6) is 5.75 Å². The fourth-order valence-corrected chi connectivity index (χ4v) is 2.62. The Kier molecular flexibility index (Phi) is 5.27. The van der Waals surface area contributed by atoms with Gasteiger partial charge in [0.1, 0.15) is 5.75 Å². The maximum absolute atomic E-state index is 5.48. The molecule has 0 heterocycles. The highest BCUT2D eigenvalue weighted by Gasteiger charge is 2.21. The molecule has 2 atom stereocenters. The standard InChI is InChI=1S/C16H25BrO/c1-11(10-17)12(2)13-7-8-15(18-6)14(9-13)16(3,4)5/h7-9,11-12H,10H2,1-6H3. The van der Waals surface area contributed by atoms with Crippen LogP contribution in [0.2, 0.25) is 0 Å². The van der Waals surface area contributed by atoms with Crippen molar-refractivity contribution in [2.45, 2.75) is 46.0 Å². The number of rotatable bonds is 4. The van der Waals surface area contributed by atoms with Crippen molar-refractivity contribution >= 4 is 15.9 Å². The molecule has 0 N–H and O–H groups in total. The fourth-order valence-electron chi connectivity index (χ4n) is 2.06. The third kappa shape index (κ3) is 3.50. The first-order valence-corrected chi connectivity index (χ1v) is 7.67. The van der Waals surface area contributed by atoms with E-state index in [1.165, 1.54) is 11.1 Å². The minimum absolute atomic E-state index is 0.110. The summed E-state index contributed by atoms with van der Waals surface area (Å²) in [4.78, 5) is 0. The van der Waals surface area contributed by atoms with Gasteiger partial charge in [0.05, 0.1) is 7.11 Å². The predicted octanol–water partition coefficient (Wildman–Crippen LogP) is 5.13. The highest BCUT2D eigenvalue weighted by Crippen LogP contribution is 2.35. The number of hydrogen-bond donors (Lipinski definition) is 0. The molecule has 0 aliphatic carbocycles. The van der Waals surface area contributed by atoms with E-state index in [1.54, 1.807) is 7.11 Å². The predicted molar refractivity (Wildman–Crippen MR) is 83.1 cm³/mol. The van der Waals surface area contributed by atoms with Crippen molar-refractivity contribution in [1.29, 1.82) is 0 Å². The molecule has 1 rings (SSSR count). The Hall–Kier alpha value is -0.500. The van der Waals surface area contributed by atoms with Crippen LogP contribution >= 0.6 is 15.9 Å². The Balaban J connectivity index is 3.18. The first-order valence-electron chi connectivity index (χ1n) is 6.55. The van der Waals surface area contributed by atoms with Crippen LogP contribution < -0.4 is 4.74 Å². The molecule has 2 heteroatoms. The van der Waals surface area contributed by atoms with Crippen molar-refractivity contribution in [3.8, 4) is 5.75 Å². The normalized spacial score (nSPS) is 15.3. The Bertz CT molecular complexity index is 393. The lowest BCUT2D eigenvalue weighted by molar-refractivity contribution is 0.396. The minimum Gasteiger partial charge on any atom is -0.496 e. The molecule has 0 bridgehead atoms. The summed E-state index contributed by atoms with van der Waals surface area (Å²) in [6.45, 7) is 11.3. The van der Waals surface area contributed by atoms with Crippen LogP contribution in [0.25, 0.3) is 0 Å². The molecule has 18 heavy (non-hydrogen) atoms. The van der Waals surface area contributed by atoms with Gasteiger partial charge >= 0.3 is 0 Å². The van der Waals surface area contributed by atoms with Crippen LogP contribution in [0, 0.1) is 5.92 Å². The number of hydrogen-bond acceptors (Lipinski definition) is 1. The SMILES string of the molecule is COc1ccc(C(C)C(C)CBr)cc1C(C)(C)C. The van der Waals surface area contributed by atoms with Gasteiger partial charge in [0.25, 0.3) is 0 Å². The van der Waals surface area contributed by atoms with Gasteiger partial charge in [0.15, 0.2) is 0 Å². The van der Waals surface area contributed by atoms with Crippen molar-refractivity contribution in [3.05, 3.63) is 29.3 Å². The van der Waals surface area contributed by atoms with Gasteiger partial charge < -0.3 is 4.74 Å². The minimum atomic E-state index is 0.110. The van der Waals surface area contributed by atoms with Crippen LogP contribution in [0.15, 0.2) is 18.2 Å². The molecule has 0 saturated heterocycles. The summed E-state index contributed by atoms with van der Waals surface area (Å²) in [5.74, 6) is 2.17. The van der Waals surface area contributed by atoms with Gasteiger partial charge in [-0.15, -0.1) is 0 Å². The highest BCUT2D eigenvalue weighted by molar-refractivity contribution is 9.09. The lowest BCUT2D eigenvalue weighted by atomic mass is 9.82. The van der Waals surface area contributed by atoms with E-state index in [9.17, 15) is 0 Å². The second kappa shape index (κ2) is 6.10. The lowest BCUT2D eigenvalue weighted by Crippen LogP contribution is -2.15. The van der Waals surface area contributed by atoms with Crippen molar-refractivity contribution in [3.63, 3.8) is 0 Å². The van der Waals surface area contributed by atoms with Gasteiger partial charge in [-0.2, -0.15) is 0 Å². The molecule has 2 unspecified atom stereocenters.